The van der Waals surface area contributed by atoms with Crippen molar-refractivity contribution in [1.82, 2.24) is 19.9 Å². The molecule has 0 saturated carbocycles. The minimum absolute atomic E-state index is 0.462. The normalized spacial score (nSPS) is 19.8. The van der Waals surface area contributed by atoms with Crippen molar-refractivity contribution in [2.75, 3.05) is 18.0 Å². The summed E-state index contributed by atoms with van der Waals surface area (Å²) in [7, 11) is 0. The summed E-state index contributed by atoms with van der Waals surface area (Å²) in [6, 6.07) is 2.00. The molecule has 92 valence electrons. The second kappa shape index (κ2) is 5.08. The van der Waals surface area contributed by atoms with Crippen molar-refractivity contribution in [1.29, 1.82) is 0 Å². The molecular weight excluding hydrogens is 226 g/mol. The number of hydrogen-bond acceptors (Lipinski definition) is 5. The van der Waals surface area contributed by atoms with Crippen LogP contribution < -0.4 is 4.90 Å². The van der Waals surface area contributed by atoms with Crippen molar-refractivity contribution in [3.05, 3.63) is 42.9 Å². The van der Waals surface area contributed by atoms with Gasteiger partial charge in [0.05, 0.1) is 6.20 Å². The minimum Gasteiger partial charge on any atom is -0.355 e. The molecule has 0 aromatic carbocycles. The van der Waals surface area contributed by atoms with Crippen LogP contribution in [0.5, 0.6) is 0 Å². The molecule has 1 aliphatic rings. The van der Waals surface area contributed by atoms with Crippen LogP contribution in [0.3, 0.4) is 0 Å². The quantitative estimate of drug-likeness (QED) is 0.800. The van der Waals surface area contributed by atoms with E-state index in [0.717, 1.165) is 31.0 Å². The van der Waals surface area contributed by atoms with Gasteiger partial charge in [0, 0.05) is 43.3 Å². The number of anilines is 1. The van der Waals surface area contributed by atoms with Crippen LogP contribution in [0.25, 0.3) is 0 Å². The lowest BCUT2D eigenvalue weighted by Crippen LogP contribution is -2.35. The van der Waals surface area contributed by atoms with Gasteiger partial charge in [-0.3, -0.25) is 4.98 Å². The van der Waals surface area contributed by atoms with Gasteiger partial charge in [-0.1, -0.05) is 0 Å². The highest BCUT2D eigenvalue weighted by molar-refractivity contribution is 5.36. The lowest BCUT2D eigenvalue weighted by Gasteiger charge is -2.32. The molecule has 2 aromatic heterocycles. The van der Waals surface area contributed by atoms with E-state index in [-0.39, 0.29) is 0 Å². The van der Waals surface area contributed by atoms with Crippen molar-refractivity contribution >= 4 is 5.82 Å². The zero-order valence-electron chi connectivity index (χ0n) is 10.1. The van der Waals surface area contributed by atoms with E-state index in [4.69, 9.17) is 0 Å². The highest BCUT2D eigenvalue weighted by Gasteiger charge is 2.23. The first kappa shape index (κ1) is 11.1. The highest BCUT2D eigenvalue weighted by atomic mass is 15.2. The molecule has 3 rings (SSSR count). The van der Waals surface area contributed by atoms with Crippen LogP contribution in [-0.2, 0) is 0 Å². The number of piperidine rings is 1. The van der Waals surface area contributed by atoms with E-state index in [2.05, 4.69) is 24.8 Å². The van der Waals surface area contributed by atoms with Gasteiger partial charge in [-0.25, -0.2) is 15.0 Å². The molecule has 0 radical (unpaired) electrons. The van der Waals surface area contributed by atoms with Crippen molar-refractivity contribution in [3.63, 3.8) is 0 Å². The molecule has 1 atom stereocenters. The predicted molar refractivity (Wildman–Crippen MR) is 68.3 cm³/mol. The summed E-state index contributed by atoms with van der Waals surface area (Å²) < 4.78 is 0. The Morgan fingerprint density at radius 3 is 2.89 bits per heavy atom. The maximum absolute atomic E-state index is 4.36. The lowest BCUT2D eigenvalue weighted by molar-refractivity contribution is 0.497. The van der Waals surface area contributed by atoms with Crippen LogP contribution in [0.1, 0.15) is 24.5 Å². The van der Waals surface area contributed by atoms with Gasteiger partial charge in [-0.2, -0.15) is 0 Å². The molecule has 1 saturated heterocycles. The van der Waals surface area contributed by atoms with Gasteiger partial charge >= 0.3 is 0 Å². The molecule has 0 N–H and O–H groups in total. The fraction of sp³-hybridized carbons (Fsp3) is 0.385. The van der Waals surface area contributed by atoms with Crippen LogP contribution in [-0.4, -0.2) is 33.0 Å². The molecule has 1 fully saturated rings. The van der Waals surface area contributed by atoms with Gasteiger partial charge in [0.1, 0.15) is 12.1 Å². The van der Waals surface area contributed by atoms with E-state index >= 15 is 0 Å². The number of rotatable bonds is 2. The molecule has 0 aliphatic carbocycles. The Labute approximate surface area is 106 Å². The SMILES string of the molecule is c1cc([C@H]2CCCN(c3cnccn3)C2)ncn1. The number of aromatic nitrogens is 4. The Bertz CT molecular complexity index is 442. The molecule has 3 heterocycles. The van der Waals surface area contributed by atoms with Crippen molar-refractivity contribution in [2.45, 2.75) is 18.8 Å². The molecule has 0 bridgehead atoms. The molecule has 0 amide bonds. The smallest absolute Gasteiger partial charge is 0.147 e. The second-order valence-electron chi connectivity index (χ2n) is 4.48. The third-order valence-corrected chi connectivity index (χ3v) is 3.32. The van der Waals surface area contributed by atoms with Gasteiger partial charge < -0.3 is 4.90 Å². The molecule has 1 aliphatic heterocycles. The van der Waals surface area contributed by atoms with Gasteiger partial charge in [0.15, 0.2) is 0 Å². The van der Waals surface area contributed by atoms with Crippen LogP contribution in [0.2, 0.25) is 0 Å². The second-order valence-corrected chi connectivity index (χ2v) is 4.48. The molecule has 5 nitrogen and oxygen atoms in total. The Morgan fingerprint density at radius 2 is 2.11 bits per heavy atom. The van der Waals surface area contributed by atoms with Gasteiger partial charge in [0.25, 0.3) is 0 Å². The summed E-state index contributed by atoms with van der Waals surface area (Å²) in [6.07, 6.45) is 11.0. The molecule has 2 aromatic rings. The Hall–Kier alpha value is -2.04. The fourth-order valence-corrected chi connectivity index (χ4v) is 2.42. The van der Waals surface area contributed by atoms with Crippen LogP contribution >= 0.6 is 0 Å². The average Bonchev–Trinajstić information content (AvgIpc) is 2.49. The van der Waals surface area contributed by atoms with E-state index in [9.17, 15) is 0 Å². The largest absolute Gasteiger partial charge is 0.355 e. The van der Waals surface area contributed by atoms with E-state index in [1.807, 2.05) is 18.5 Å². The number of nitrogens with zero attached hydrogens (tertiary/aromatic N) is 5. The van der Waals surface area contributed by atoms with E-state index < -0.39 is 0 Å². The third kappa shape index (κ3) is 2.30. The summed E-state index contributed by atoms with van der Waals surface area (Å²) in [6.45, 7) is 2.00. The highest BCUT2D eigenvalue weighted by Crippen LogP contribution is 2.27. The molecule has 0 unspecified atom stereocenters. The molecule has 18 heavy (non-hydrogen) atoms. The van der Waals surface area contributed by atoms with Crippen LogP contribution in [0, 0.1) is 0 Å². The Morgan fingerprint density at radius 1 is 1.11 bits per heavy atom. The van der Waals surface area contributed by atoms with Crippen LogP contribution in [0.15, 0.2) is 37.2 Å². The predicted octanol–water partition coefficient (Wildman–Crippen LogP) is 1.65. The monoisotopic (exact) mass is 241 g/mol. The fourth-order valence-electron chi connectivity index (χ4n) is 2.42. The summed E-state index contributed by atoms with van der Waals surface area (Å²) in [5, 5.41) is 0. The first-order chi connectivity index (χ1) is 8.93. The van der Waals surface area contributed by atoms with Crippen molar-refractivity contribution in [2.24, 2.45) is 0 Å². The zero-order valence-corrected chi connectivity index (χ0v) is 10.1. The maximum Gasteiger partial charge on any atom is 0.147 e. The van der Waals surface area contributed by atoms with Gasteiger partial charge in [-0.15, -0.1) is 0 Å². The maximum atomic E-state index is 4.36. The van der Waals surface area contributed by atoms with Crippen molar-refractivity contribution in [3.8, 4) is 0 Å². The van der Waals surface area contributed by atoms with Gasteiger partial charge in [0.2, 0.25) is 0 Å². The third-order valence-electron chi connectivity index (χ3n) is 3.32. The molecular formula is C13H15N5. The van der Waals surface area contributed by atoms with Crippen LogP contribution in [0.4, 0.5) is 5.82 Å². The van der Waals surface area contributed by atoms with Crippen molar-refractivity contribution < 1.29 is 0 Å². The summed E-state index contributed by atoms with van der Waals surface area (Å²) in [5.41, 5.74) is 1.12. The Kier molecular flexibility index (Phi) is 3.12. The number of hydrogen-bond donors (Lipinski definition) is 0. The Balaban J connectivity index is 1.77. The average molecular weight is 241 g/mol. The lowest BCUT2D eigenvalue weighted by atomic mass is 9.94. The molecule has 5 heteroatoms. The molecule has 0 spiro atoms. The summed E-state index contributed by atoms with van der Waals surface area (Å²) in [4.78, 5) is 19.1. The summed E-state index contributed by atoms with van der Waals surface area (Å²) >= 11 is 0. The van der Waals surface area contributed by atoms with E-state index in [1.54, 1.807) is 18.7 Å². The standard InChI is InChI=1S/C13H15N5/c1-2-11(12-3-4-15-10-17-12)9-18(7-1)13-8-14-5-6-16-13/h3-6,8,10-11H,1-2,7,9H2/t11-/m0/s1. The zero-order chi connectivity index (χ0) is 12.2. The first-order valence-corrected chi connectivity index (χ1v) is 6.20. The summed E-state index contributed by atoms with van der Waals surface area (Å²) in [5.74, 6) is 1.42. The first-order valence-electron chi connectivity index (χ1n) is 6.20. The topological polar surface area (TPSA) is 54.8 Å². The van der Waals surface area contributed by atoms with E-state index in [1.165, 1.54) is 6.42 Å². The van der Waals surface area contributed by atoms with E-state index in [0.29, 0.717) is 5.92 Å². The minimum atomic E-state index is 0.462. The van der Waals surface area contributed by atoms with Gasteiger partial charge in [-0.05, 0) is 18.9 Å².